The van der Waals surface area contributed by atoms with Crippen LogP contribution in [0.4, 0.5) is 5.69 Å². The van der Waals surface area contributed by atoms with Crippen molar-refractivity contribution in [2.24, 2.45) is 7.05 Å². The summed E-state index contributed by atoms with van der Waals surface area (Å²) in [5.41, 5.74) is 1.89. The third-order valence-electron chi connectivity index (χ3n) is 2.86. The van der Waals surface area contributed by atoms with E-state index in [1.54, 1.807) is 29.9 Å². The first-order chi connectivity index (χ1) is 10.1. The van der Waals surface area contributed by atoms with Gasteiger partial charge in [0.05, 0.1) is 11.8 Å². The first-order valence-electron chi connectivity index (χ1n) is 6.02. The van der Waals surface area contributed by atoms with Crippen molar-refractivity contribution in [3.8, 4) is 11.4 Å². The number of hydrogen-bond acceptors (Lipinski definition) is 5. The molecule has 2 aromatic heterocycles. The van der Waals surface area contributed by atoms with E-state index in [1.807, 2.05) is 12.1 Å². The lowest BCUT2D eigenvalue weighted by Gasteiger charge is -2.06. The molecule has 106 valence electrons. The molecule has 3 aromatic rings. The van der Waals surface area contributed by atoms with Crippen LogP contribution in [0.5, 0.6) is 0 Å². The van der Waals surface area contributed by atoms with Crippen molar-refractivity contribution in [3.63, 3.8) is 0 Å². The minimum Gasteiger partial charge on any atom is -0.457 e. The van der Waals surface area contributed by atoms with E-state index in [2.05, 4.69) is 36.8 Å². The van der Waals surface area contributed by atoms with Crippen molar-refractivity contribution in [1.82, 2.24) is 20.2 Å². The number of rotatable bonds is 3. The molecule has 1 aromatic carbocycles. The second-order valence-corrected chi connectivity index (χ2v) is 4.99. The molecule has 0 saturated carbocycles. The van der Waals surface area contributed by atoms with Gasteiger partial charge in [-0.3, -0.25) is 4.79 Å². The van der Waals surface area contributed by atoms with E-state index in [9.17, 15) is 4.79 Å². The molecule has 0 fully saturated rings. The Labute approximate surface area is 128 Å². The van der Waals surface area contributed by atoms with Crippen molar-refractivity contribution in [2.45, 2.75) is 0 Å². The lowest BCUT2D eigenvalue weighted by molar-refractivity contribution is 0.102. The van der Waals surface area contributed by atoms with E-state index < -0.39 is 0 Å². The summed E-state index contributed by atoms with van der Waals surface area (Å²) in [5.74, 6) is 0.361. The fourth-order valence-electron chi connectivity index (χ4n) is 1.86. The summed E-state index contributed by atoms with van der Waals surface area (Å²) in [5, 5.41) is 14.1. The van der Waals surface area contributed by atoms with Gasteiger partial charge in [-0.2, -0.15) is 0 Å². The number of aromatic nitrogens is 4. The number of hydrogen-bond donors (Lipinski definition) is 1. The Morgan fingerprint density at radius 2 is 2.24 bits per heavy atom. The number of furan rings is 1. The van der Waals surface area contributed by atoms with Gasteiger partial charge in [0, 0.05) is 18.3 Å². The third kappa shape index (κ3) is 2.70. The molecule has 1 N–H and O–H groups in total. The van der Waals surface area contributed by atoms with Crippen LogP contribution in [0.2, 0.25) is 0 Å². The maximum absolute atomic E-state index is 12.1. The average Bonchev–Trinajstić information content (AvgIpc) is 3.07. The number of anilines is 1. The highest BCUT2D eigenvalue weighted by molar-refractivity contribution is 9.10. The van der Waals surface area contributed by atoms with Gasteiger partial charge in [-0.1, -0.05) is 12.1 Å². The Hall–Kier alpha value is -2.48. The fourth-order valence-corrected chi connectivity index (χ4v) is 2.28. The summed E-state index contributed by atoms with van der Waals surface area (Å²) in [7, 11) is 1.75. The average molecular weight is 348 g/mol. The first kappa shape index (κ1) is 13.5. The van der Waals surface area contributed by atoms with Crippen molar-refractivity contribution in [1.29, 1.82) is 0 Å². The molecule has 1 amide bonds. The van der Waals surface area contributed by atoms with Crippen LogP contribution in [0, 0.1) is 0 Å². The van der Waals surface area contributed by atoms with Gasteiger partial charge in [0.25, 0.3) is 5.91 Å². The van der Waals surface area contributed by atoms with Gasteiger partial charge in [-0.25, -0.2) is 4.68 Å². The summed E-state index contributed by atoms with van der Waals surface area (Å²) < 4.78 is 7.01. The monoisotopic (exact) mass is 347 g/mol. The van der Waals surface area contributed by atoms with Crippen molar-refractivity contribution in [3.05, 3.63) is 46.8 Å². The standard InChI is InChI=1S/C13H10BrN5O2/c1-19-12(16-17-18-19)8-3-2-4-9(7-8)15-13(20)10-5-6-21-11(10)14/h2-7H,1H3,(H,15,20). The van der Waals surface area contributed by atoms with Gasteiger partial charge in [0.2, 0.25) is 0 Å². The molecule has 0 aliphatic carbocycles. The van der Waals surface area contributed by atoms with E-state index in [4.69, 9.17) is 4.42 Å². The Kier molecular flexibility index (Phi) is 3.53. The number of carbonyl (C=O) groups excluding carboxylic acids is 1. The van der Waals surface area contributed by atoms with Crippen LogP contribution in [0.3, 0.4) is 0 Å². The van der Waals surface area contributed by atoms with Crippen molar-refractivity contribution >= 4 is 27.5 Å². The number of tetrazole rings is 1. The maximum Gasteiger partial charge on any atom is 0.260 e. The zero-order chi connectivity index (χ0) is 14.8. The first-order valence-corrected chi connectivity index (χ1v) is 6.81. The number of benzene rings is 1. The lowest BCUT2D eigenvalue weighted by Crippen LogP contribution is -2.11. The summed E-state index contributed by atoms with van der Waals surface area (Å²) in [6.45, 7) is 0. The normalized spacial score (nSPS) is 10.6. The number of nitrogens with zero attached hydrogens (tertiary/aromatic N) is 4. The van der Waals surface area contributed by atoms with Crippen LogP contribution in [0.1, 0.15) is 10.4 Å². The molecule has 21 heavy (non-hydrogen) atoms. The van der Waals surface area contributed by atoms with Gasteiger partial charge < -0.3 is 9.73 Å². The number of aryl methyl sites for hydroxylation is 1. The summed E-state index contributed by atoms with van der Waals surface area (Å²) >= 11 is 3.18. The number of halogens is 1. The smallest absolute Gasteiger partial charge is 0.260 e. The predicted octanol–water partition coefficient (Wildman–Crippen LogP) is 2.48. The Balaban J connectivity index is 1.86. The molecule has 0 atom stereocenters. The summed E-state index contributed by atoms with van der Waals surface area (Å²) in [6.07, 6.45) is 1.45. The van der Waals surface area contributed by atoms with Crippen LogP contribution in [0.15, 0.2) is 45.7 Å². The van der Waals surface area contributed by atoms with E-state index in [0.717, 1.165) is 5.56 Å². The minimum atomic E-state index is -0.260. The molecule has 0 unspecified atom stereocenters. The largest absolute Gasteiger partial charge is 0.457 e. The Morgan fingerprint density at radius 3 is 2.90 bits per heavy atom. The van der Waals surface area contributed by atoms with Crippen LogP contribution in [0.25, 0.3) is 11.4 Å². The Bertz CT molecular complexity index is 795. The van der Waals surface area contributed by atoms with Gasteiger partial charge in [-0.05, 0) is 44.6 Å². The molecule has 0 saturated heterocycles. The Morgan fingerprint density at radius 1 is 1.38 bits per heavy atom. The maximum atomic E-state index is 12.1. The molecular formula is C13H10BrN5O2. The molecule has 0 aliphatic rings. The molecule has 0 radical (unpaired) electrons. The molecule has 0 bridgehead atoms. The van der Waals surface area contributed by atoms with Gasteiger partial charge in [0.1, 0.15) is 0 Å². The van der Waals surface area contributed by atoms with Crippen molar-refractivity contribution < 1.29 is 9.21 Å². The van der Waals surface area contributed by atoms with Gasteiger partial charge in [-0.15, -0.1) is 5.10 Å². The minimum absolute atomic E-state index is 0.260. The second-order valence-electron chi connectivity index (χ2n) is 4.27. The molecule has 7 nitrogen and oxygen atoms in total. The molecular weight excluding hydrogens is 338 g/mol. The van der Waals surface area contributed by atoms with Gasteiger partial charge in [0.15, 0.2) is 10.5 Å². The zero-order valence-corrected chi connectivity index (χ0v) is 12.5. The molecule has 2 heterocycles. The highest BCUT2D eigenvalue weighted by Gasteiger charge is 2.13. The number of nitrogens with one attached hydrogen (secondary N) is 1. The number of amides is 1. The number of carbonyl (C=O) groups is 1. The molecule has 8 heteroatoms. The van der Waals surface area contributed by atoms with Crippen LogP contribution >= 0.6 is 15.9 Å². The van der Waals surface area contributed by atoms with Crippen LogP contribution < -0.4 is 5.32 Å². The highest BCUT2D eigenvalue weighted by Crippen LogP contribution is 2.22. The van der Waals surface area contributed by atoms with E-state index >= 15 is 0 Å². The van der Waals surface area contributed by atoms with Crippen LogP contribution in [-0.2, 0) is 7.05 Å². The van der Waals surface area contributed by atoms with Gasteiger partial charge >= 0.3 is 0 Å². The highest BCUT2D eigenvalue weighted by atomic mass is 79.9. The topological polar surface area (TPSA) is 85.8 Å². The van der Waals surface area contributed by atoms with E-state index in [0.29, 0.717) is 21.7 Å². The second kappa shape index (κ2) is 5.49. The molecule has 0 aliphatic heterocycles. The summed E-state index contributed by atoms with van der Waals surface area (Å²) in [6, 6.07) is 8.88. The fraction of sp³-hybridized carbons (Fsp3) is 0.0769. The van der Waals surface area contributed by atoms with E-state index in [1.165, 1.54) is 6.26 Å². The molecule has 3 rings (SSSR count). The summed E-state index contributed by atoms with van der Waals surface area (Å²) in [4.78, 5) is 12.1. The van der Waals surface area contributed by atoms with Crippen LogP contribution in [-0.4, -0.2) is 26.1 Å². The van der Waals surface area contributed by atoms with Crippen molar-refractivity contribution in [2.75, 3.05) is 5.32 Å². The quantitative estimate of drug-likeness (QED) is 0.786. The third-order valence-corrected chi connectivity index (χ3v) is 3.48. The lowest BCUT2D eigenvalue weighted by atomic mass is 10.2. The SMILES string of the molecule is Cn1nnnc1-c1cccc(NC(=O)c2ccoc2Br)c1. The predicted molar refractivity (Wildman–Crippen MR) is 78.6 cm³/mol. The van der Waals surface area contributed by atoms with E-state index in [-0.39, 0.29) is 5.91 Å². The zero-order valence-electron chi connectivity index (χ0n) is 10.9. The molecule has 0 spiro atoms.